The van der Waals surface area contributed by atoms with Crippen LogP contribution in [0.2, 0.25) is 0 Å². The number of ether oxygens (including phenoxy) is 3. The van der Waals surface area contributed by atoms with E-state index in [4.69, 9.17) is 19.2 Å². The molecule has 0 unspecified atom stereocenters. The summed E-state index contributed by atoms with van der Waals surface area (Å²) in [6.07, 6.45) is 1.67. The third-order valence-corrected chi connectivity index (χ3v) is 4.71. The van der Waals surface area contributed by atoms with Gasteiger partial charge in [-0.1, -0.05) is 42.5 Å². The number of fused-ring (bicyclic) bond motifs is 1. The van der Waals surface area contributed by atoms with Crippen LogP contribution < -0.4 is 19.6 Å². The van der Waals surface area contributed by atoms with Crippen LogP contribution in [0.4, 0.5) is 5.82 Å². The molecule has 156 valence electrons. The van der Waals surface area contributed by atoms with E-state index in [0.29, 0.717) is 28.9 Å². The first-order chi connectivity index (χ1) is 15.2. The molecule has 0 fully saturated rings. The Morgan fingerprint density at radius 1 is 0.806 bits per heavy atom. The van der Waals surface area contributed by atoms with Gasteiger partial charge >= 0.3 is 0 Å². The predicted octanol–water partition coefficient (Wildman–Crippen LogP) is 4.77. The lowest BCUT2D eigenvalue weighted by Crippen LogP contribution is -2.00. The molecule has 0 aliphatic carbocycles. The van der Waals surface area contributed by atoms with Gasteiger partial charge in [0.25, 0.3) is 0 Å². The second-order valence-electron chi connectivity index (χ2n) is 6.61. The molecule has 7 heteroatoms. The van der Waals surface area contributed by atoms with Gasteiger partial charge < -0.3 is 14.2 Å². The maximum absolute atomic E-state index is 5.40. The number of rotatable bonds is 7. The monoisotopic (exact) mass is 414 g/mol. The van der Waals surface area contributed by atoms with Crippen molar-refractivity contribution in [2.24, 2.45) is 5.10 Å². The molecule has 1 aromatic heterocycles. The average Bonchev–Trinajstić information content (AvgIpc) is 2.83. The Bertz CT molecular complexity index is 1200. The molecule has 0 radical (unpaired) electrons. The summed E-state index contributed by atoms with van der Waals surface area (Å²) in [6, 6.07) is 21.3. The standard InChI is InChI=1S/C24H22N4O3/c1-29-20-13-16(14-21(30-2)22(20)31-3)15-25-28-24-18-11-7-8-12-19(18)26-23(27-24)17-9-5-4-6-10-17/h4-15H,1-3H3,(H,26,27,28)/b25-15+. The lowest BCUT2D eigenvalue weighted by atomic mass is 10.2. The maximum atomic E-state index is 5.40. The number of nitrogens with one attached hydrogen (secondary N) is 1. The van der Waals surface area contributed by atoms with E-state index in [-0.39, 0.29) is 0 Å². The third-order valence-electron chi connectivity index (χ3n) is 4.71. The van der Waals surface area contributed by atoms with Crippen molar-refractivity contribution in [2.45, 2.75) is 0 Å². The van der Waals surface area contributed by atoms with Gasteiger partial charge in [-0.2, -0.15) is 5.10 Å². The molecule has 0 atom stereocenters. The zero-order valence-corrected chi connectivity index (χ0v) is 17.5. The summed E-state index contributed by atoms with van der Waals surface area (Å²) in [6.45, 7) is 0. The number of anilines is 1. The second-order valence-corrected chi connectivity index (χ2v) is 6.61. The largest absolute Gasteiger partial charge is 0.493 e. The van der Waals surface area contributed by atoms with E-state index in [1.807, 2.05) is 66.7 Å². The molecule has 4 aromatic rings. The Kier molecular flexibility index (Phi) is 5.93. The minimum Gasteiger partial charge on any atom is -0.493 e. The highest BCUT2D eigenvalue weighted by atomic mass is 16.5. The van der Waals surface area contributed by atoms with Crippen LogP contribution in [0.5, 0.6) is 17.2 Å². The number of hydrogen-bond acceptors (Lipinski definition) is 7. The van der Waals surface area contributed by atoms with Crippen LogP contribution in [0, 0.1) is 0 Å². The molecule has 1 heterocycles. The van der Waals surface area contributed by atoms with Gasteiger partial charge in [0, 0.05) is 16.5 Å². The highest BCUT2D eigenvalue weighted by Crippen LogP contribution is 2.37. The Morgan fingerprint density at radius 3 is 2.16 bits per heavy atom. The van der Waals surface area contributed by atoms with E-state index in [9.17, 15) is 0 Å². The fraction of sp³-hybridized carbons (Fsp3) is 0.125. The smallest absolute Gasteiger partial charge is 0.203 e. The summed E-state index contributed by atoms with van der Waals surface area (Å²) in [5.41, 5.74) is 5.61. The lowest BCUT2D eigenvalue weighted by Gasteiger charge is -2.12. The molecule has 0 amide bonds. The number of benzene rings is 3. The summed E-state index contributed by atoms with van der Waals surface area (Å²) in [4.78, 5) is 9.38. The highest BCUT2D eigenvalue weighted by molar-refractivity contribution is 5.91. The lowest BCUT2D eigenvalue weighted by molar-refractivity contribution is 0.324. The van der Waals surface area contributed by atoms with Gasteiger partial charge in [-0.15, -0.1) is 0 Å². The van der Waals surface area contributed by atoms with E-state index in [2.05, 4.69) is 15.5 Å². The van der Waals surface area contributed by atoms with Crippen LogP contribution in [-0.2, 0) is 0 Å². The number of hydrazone groups is 1. The molecule has 0 aliphatic heterocycles. The minimum absolute atomic E-state index is 0.532. The van der Waals surface area contributed by atoms with Crippen LogP contribution in [0.15, 0.2) is 71.8 Å². The molecule has 0 aliphatic rings. The average molecular weight is 414 g/mol. The third kappa shape index (κ3) is 4.25. The van der Waals surface area contributed by atoms with Gasteiger partial charge in [0.05, 0.1) is 33.1 Å². The van der Waals surface area contributed by atoms with Gasteiger partial charge in [0.2, 0.25) is 5.75 Å². The normalized spacial score (nSPS) is 10.9. The van der Waals surface area contributed by atoms with Crippen LogP contribution >= 0.6 is 0 Å². The van der Waals surface area contributed by atoms with Crippen molar-refractivity contribution in [3.05, 3.63) is 72.3 Å². The summed E-state index contributed by atoms with van der Waals surface area (Å²) in [7, 11) is 4.73. The number of para-hydroxylation sites is 1. The molecule has 0 spiro atoms. The maximum Gasteiger partial charge on any atom is 0.203 e. The predicted molar refractivity (Wildman–Crippen MR) is 122 cm³/mol. The molecule has 0 saturated carbocycles. The van der Waals surface area contributed by atoms with Crippen molar-refractivity contribution < 1.29 is 14.2 Å². The van der Waals surface area contributed by atoms with Crippen molar-refractivity contribution in [1.29, 1.82) is 0 Å². The Hall–Kier alpha value is -4.13. The van der Waals surface area contributed by atoms with Crippen molar-refractivity contribution in [1.82, 2.24) is 9.97 Å². The van der Waals surface area contributed by atoms with E-state index in [1.165, 1.54) is 0 Å². The fourth-order valence-corrected chi connectivity index (χ4v) is 3.22. The summed E-state index contributed by atoms with van der Waals surface area (Å²) < 4.78 is 16.2. The Balaban J connectivity index is 1.68. The van der Waals surface area contributed by atoms with Gasteiger partial charge in [0.1, 0.15) is 0 Å². The van der Waals surface area contributed by atoms with E-state index >= 15 is 0 Å². The van der Waals surface area contributed by atoms with E-state index < -0.39 is 0 Å². The fourth-order valence-electron chi connectivity index (χ4n) is 3.22. The molecule has 0 saturated heterocycles. The molecular weight excluding hydrogens is 392 g/mol. The van der Waals surface area contributed by atoms with Crippen LogP contribution in [-0.4, -0.2) is 37.5 Å². The quantitative estimate of drug-likeness (QED) is 0.347. The van der Waals surface area contributed by atoms with Gasteiger partial charge in [-0.05, 0) is 24.3 Å². The Morgan fingerprint density at radius 2 is 1.48 bits per heavy atom. The number of aromatic nitrogens is 2. The summed E-state index contributed by atoms with van der Waals surface area (Å²) in [5, 5.41) is 5.26. The first-order valence-electron chi connectivity index (χ1n) is 9.64. The number of methoxy groups -OCH3 is 3. The van der Waals surface area contributed by atoms with Crippen LogP contribution in [0.3, 0.4) is 0 Å². The molecule has 1 N–H and O–H groups in total. The van der Waals surface area contributed by atoms with Crippen molar-refractivity contribution in [3.63, 3.8) is 0 Å². The SMILES string of the molecule is COc1cc(/C=N/Nc2nc(-c3ccccc3)nc3ccccc23)cc(OC)c1OC. The van der Waals surface area contributed by atoms with Gasteiger partial charge in [-0.3, -0.25) is 5.43 Å². The minimum atomic E-state index is 0.532. The zero-order chi connectivity index (χ0) is 21.6. The molecule has 3 aromatic carbocycles. The van der Waals surface area contributed by atoms with Gasteiger partial charge in [-0.25, -0.2) is 9.97 Å². The Labute approximate surface area is 180 Å². The molecule has 0 bridgehead atoms. The second kappa shape index (κ2) is 9.13. The van der Waals surface area contributed by atoms with Crippen LogP contribution in [0.25, 0.3) is 22.3 Å². The number of nitrogens with zero attached hydrogens (tertiary/aromatic N) is 3. The van der Waals surface area contributed by atoms with Crippen molar-refractivity contribution in [2.75, 3.05) is 26.8 Å². The van der Waals surface area contributed by atoms with Crippen molar-refractivity contribution in [3.8, 4) is 28.6 Å². The first kappa shape index (κ1) is 20.2. The summed E-state index contributed by atoms with van der Waals surface area (Å²) in [5.74, 6) is 2.90. The molecule has 4 rings (SSSR count). The number of hydrogen-bond donors (Lipinski definition) is 1. The summed E-state index contributed by atoms with van der Waals surface area (Å²) >= 11 is 0. The molecular formula is C24H22N4O3. The van der Waals surface area contributed by atoms with Crippen LogP contribution in [0.1, 0.15) is 5.56 Å². The zero-order valence-electron chi connectivity index (χ0n) is 17.5. The topological polar surface area (TPSA) is 77.9 Å². The van der Waals surface area contributed by atoms with Crippen molar-refractivity contribution >= 4 is 22.9 Å². The van der Waals surface area contributed by atoms with E-state index in [0.717, 1.165) is 22.0 Å². The molecule has 7 nitrogen and oxygen atoms in total. The van der Waals surface area contributed by atoms with E-state index in [1.54, 1.807) is 27.5 Å². The highest BCUT2D eigenvalue weighted by Gasteiger charge is 2.12. The molecule has 31 heavy (non-hydrogen) atoms. The van der Waals surface area contributed by atoms with Gasteiger partial charge in [0.15, 0.2) is 23.1 Å². The first-order valence-corrected chi connectivity index (χ1v) is 9.64.